The molecule has 0 aromatic rings. The molecule has 3 unspecified atom stereocenters. The standard InChI is InChI=1S/C55H85NO17/c1-32-16-12-11-13-17-33(2)45(67-8)28-41-21-19-38(7)55(66,73-41)51(62)52(63)56-23-15-14-18-42(56)53(64)71-46(29-43(59)34(3)25-37(6)49(61)50(69-10)48(60)36(5)24-32)35(4)26-39-20-22-44(47(27-39)68-9)72-54(65)70-31-40(58)30-57/h11-13,16-17,25,32,34-36,38-42,44-47,49-50,57-58,61,66H,14-15,18-24,26-31H2,1-10H3/b13-11?,16-12+,33-17?,37-25+/t32-,34-,35-,36-,38-,39+,40?,41?,42?,44-,45+,46+,47-,49-,50+,55-/m1/s1. The first-order valence-electron chi connectivity index (χ1n) is 26.2. The number of carbonyl (C=O) groups is 6. The van der Waals surface area contributed by atoms with E-state index in [-0.39, 0.29) is 49.2 Å². The van der Waals surface area contributed by atoms with E-state index in [0.29, 0.717) is 63.4 Å². The third-order valence-electron chi connectivity index (χ3n) is 15.3. The van der Waals surface area contributed by atoms with Gasteiger partial charge in [0, 0.05) is 58.5 Å². The van der Waals surface area contributed by atoms with Crippen molar-refractivity contribution in [2.24, 2.45) is 35.5 Å². The lowest BCUT2D eigenvalue weighted by Crippen LogP contribution is -2.61. The van der Waals surface area contributed by atoms with Gasteiger partial charge >= 0.3 is 12.1 Å². The van der Waals surface area contributed by atoms with Crippen molar-refractivity contribution in [3.05, 3.63) is 47.6 Å². The van der Waals surface area contributed by atoms with E-state index in [2.05, 4.69) is 0 Å². The number of Topliss-reactive ketones (excluding diaryl/α,β-unsaturated/α-hetero) is 3. The minimum atomic E-state index is -2.47. The van der Waals surface area contributed by atoms with Gasteiger partial charge in [-0.3, -0.25) is 19.2 Å². The summed E-state index contributed by atoms with van der Waals surface area (Å²) in [6, 6.07) is -1.20. The van der Waals surface area contributed by atoms with Crippen molar-refractivity contribution in [2.45, 2.75) is 186 Å². The van der Waals surface area contributed by atoms with Crippen LogP contribution in [0.5, 0.6) is 0 Å². The molecule has 18 heteroatoms. The molecule has 3 heterocycles. The molecule has 2 saturated heterocycles. The second-order valence-corrected chi connectivity index (χ2v) is 21.1. The highest BCUT2D eigenvalue weighted by molar-refractivity contribution is 6.39. The molecule has 1 saturated carbocycles. The summed E-state index contributed by atoms with van der Waals surface area (Å²) in [7, 11) is 4.41. The van der Waals surface area contributed by atoms with Gasteiger partial charge in [0.25, 0.3) is 11.7 Å². The van der Waals surface area contributed by atoms with Gasteiger partial charge in [-0.2, -0.15) is 0 Å². The number of carbonyl (C=O) groups excluding carboxylic acids is 6. The summed E-state index contributed by atoms with van der Waals surface area (Å²) in [5.74, 6) is -8.66. The number of esters is 1. The molecule has 3 aliphatic heterocycles. The Bertz CT molecular complexity index is 1980. The maximum atomic E-state index is 14.5. The zero-order valence-electron chi connectivity index (χ0n) is 44.8. The molecular formula is C55H85NO17. The van der Waals surface area contributed by atoms with Crippen LogP contribution in [0.2, 0.25) is 0 Å². The van der Waals surface area contributed by atoms with Gasteiger partial charge in [0.2, 0.25) is 5.79 Å². The van der Waals surface area contributed by atoms with Crippen LogP contribution >= 0.6 is 0 Å². The van der Waals surface area contributed by atoms with Crippen LogP contribution in [0.1, 0.15) is 126 Å². The summed E-state index contributed by atoms with van der Waals surface area (Å²) in [6.07, 6.45) is 7.39. The van der Waals surface area contributed by atoms with E-state index in [1.807, 2.05) is 51.2 Å². The number of allylic oxidation sites excluding steroid dienone is 6. The summed E-state index contributed by atoms with van der Waals surface area (Å²) in [5.41, 5.74) is 1.21. The van der Waals surface area contributed by atoms with Crippen LogP contribution in [-0.4, -0.2) is 162 Å². The van der Waals surface area contributed by atoms with Crippen molar-refractivity contribution >= 4 is 35.4 Å². The molecule has 1 amide bonds. The Hall–Kier alpha value is -4.14. The maximum absolute atomic E-state index is 14.5. The number of fused-ring (bicyclic) bond motifs is 3. The van der Waals surface area contributed by atoms with Crippen LogP contribution in [-0.2, 0) is 57.1 Å². The Balaban J connectivity index is 1.67. The van der Waals surface area contributed by atoms with E-state index >= 15 is 0 Å². The number of ketones is 3. The number of aliphatic hydroxyl groups excluding tert-OH is 3. The quantitative estimate of drug-likeness (QED) is 0.116. The molecule has 2 bridgehead atoms. The molecule has 0 aromatic carbocycles. The van der Waals surface area contributed by atoms with Gasteiger partial charge in [0.1, 0.15) is 49.0 Å². The molecule has 18 nitrogen and oxygen atoms in total. The monoisotopic (exact) mass is 1030 g/mol. The number of methoxy groups -OCH3 is 3. The van der Waals surface area contributed by atoms with E-state index in [4.69, 9.17) is 38.3 Å². The minimum absolute atomic E-state index is 0.00856. The Kier molecular flexibility index (Phi) is 24.6. The van der Waals surface area contributed by atoms with E-state index in [0.717, 1.165) is 10.5 Å². The third-order valence-corrected chi connectivity index (χ3v) is 15.3. The predicted molar refractivity (Wildman–Crippen MR) is 268 cm³/mol. The van der Waals surface area contributed by atoms with E-state index < -0.39 is 121 Å². The smallest absolute Gasteiger partial charge is 0.460 e. The average molecular weight is 1030 g/mol. The van der Waals surface area contributed by atoms with Gasteiger partial charge in [0.05, 0.1) is 24.9 Å². The molecule has 412 valence electrons. The molecule has 0 aromatic heterocycles. The van der Waals surface area contributed by atoms with Crippen LogP contribution in [0.4, 0.5) is 4.79 Å². The zero-order valence-corrected chi connectivity index (χ0v) is 44.8. The molecule has 0 spiro atoms. The molecular weight excluding hydrogens is 947 g/mol. The third kappa shape index (κ3) is 17.2. The predicted octanol–water partition coefficient (Wildman–Crippen LogP) is 5.69. The van der Waals surface area contributed by atoms with E-state index in [1.165, 1.54) is 14.2 Å². The van der Waals surface area contributed by atoms with E-state index in [1.54, 1.807) is 40.9 Å². The van der Waals surface area contributed by atoms with Crippen LogP contribution < -0.4 is 0 Å². The van der Waals surface area contributed by atoms with Gasteiger partial charge < -0.3 is 58.5 Å². The van der Waals surface area contributed by atoms with Crippen molar-refractivity contribution < 1.29 is 82.4 Å². The van der Waals surface area contributed by atoms with Gasteiger partial charge in [-0.15, -0.1) is 0 Å². The Morgan fingerprint density at radius 1 is 0.877 bits per heavy atom. The first-order valence-corrected chi connectivity index (χ1v) is 26.2. The fourth-order valence-corrected chi connectivity index (χ4v) is 10.6. The van der Waals surface area contributed by atoms with Gasteiger partial charge in [-0.05, 0) is 107 Å². The first-order chi connectivity index (χ1) is 34.6. The summed E-state index contributed by atoms with van der Waals surface area (Å²) in [4.78, 5) is 84.8. The number of nitrogens with zero attached hydrogens (tertiary/aromatic N) is 1. The molecule has 1 aliphatic carbocycles. The summed E-state index contributed by atoms with van der Waals surface area (Å²) < 4.78 is 40.0. The number of amides is 1. The van der Waals surface area contributed by atoms with Crippen LogP contribution in [0.25, 0.3) is 0 Å². The van der Waals surface area contributed by atoms with Gasteiger partial charge in [-0.1, -0.05) is 71.1 Å². The summed E-state index contributed by atoms with van der Waals surface area (Å²) in [5, 5.41) is 42.2. The number of hydrogen-bond acceptors (Lipinski definition) is 17. The number of cyclic esters (lactones) is 1. The SMILES string of the molecule is CO[C@H]1CC2CC[C@@H](C)[C@@](O)(O2)C(=O)C(=O)N2CCCCC2C(=O)O[C@H]([C@H](C)C[C@@H]2CC[C@@H](OC(=O)OCC(O)CO)[C@H](OC)C2)CC(=O)[C@H](C)/C=C(\C)[C@@H](O)[C@@H](OC)C(=O)[C@H](C)C[C@H](C)/C=C/C=CC=C1C. The minimum Gasteiger partial charge on any atom is -0.460 e. The molecule has 73 heavy (non-hydrogen) atoms. The molecule has 4 rings (SSSR count). The molecule has 16 atom stereocenters. The van der Waals surface area contributed by atoms with Gasteiger partial charge in [-0.25, -0.2) is 9.59 Å². The van der Waals surface area contributed by atoms with Crippen LogP contribution in [0.3, 0.4) is 0 Å². The van der Waals surface area contributed by atoms with Crippen molar-refractivity contribution in [3.8, 4) is 0 Å². The number of piperidine rings is 1. The Morgan fingerprint density at radius 3 is 2.27 bits per heavy atom. The second-order valence-electron chi connectivity index (χ2n) is 21.1. The second kappa shape index (κ2) is 29.2. The highest BCUT2D eigenvalue weighted by Gasteiger charge is 2.53. The Labute approximate surface area is 431 Å². The zero-order chi connectivity index (χ0) is 54.2. The number of hydrogen-bond donors (Lipinski definition) is 4. The topological polar surface area (TPSA) is 251 Å². The van der Waals surface area contributed by atoms with Crippen molar-refractivity contribution in [1.29, 1.82) is 0 Å². The number of rotatable bonds is 10. The average Bonchev–Trinajstić information content (AvgIpc) is 3.37. The lowest BCUT2D eigenvalue weighted by molar-refractivity contribution is -0.265. The van der Waals surface area contributed by atoms with Crippen molar-refractivity contribution in [3.63, 3.8) is 0 Å². The summed E-state index contributed by atoms with van der Waals surface area (Å²) >= 11 is 0. The maximum Gasteiger partial charge on any atom is 0.508 e. The largest absolute Gasteiger partial charge is 0.508 e. The van der Waals surface area contributed by atoms with Gasteiger partial charge in [0.15, 0.2) is 5.78 Å². The van der Waals surface area contributed by atoms with Crippen LogP contribution in [0, 0.1) is 35.5 Å². The normalized spacial score (nSPS) is 36.4. The van der Waals surface area contributed by atoms with Crippen LogP contribution in [0.15, 0.2) is 47.6 Å². The molecule has 3 fully saturated rings. The fraction of sp³-hybridized carbons (Fsp3) is 0.745. The molecule has 4 aliphatic rings. The lowest BCUT2D eigenvalue weighted by atomic mass is 9.78. The fourth-order valence-electron chi connectivity index (χ4n) is 10.6. The highest BCUT2D eigenvalue weighted by atomic mass is 16.7. The summed E-state index contributed by atoms with van der Waals surface area (Å²) in [6.45, 7) is 11.5. The highest BCUT2D eigenvalue weighted by Crippen LogP contribution is 2.38. The Morgan fingerprint density at radius 2 is 1.60 bits per heavy atom. The number of ether oxygens (including phenoxy) is 7. The lowest BCUT2D eigenvalue weighted by Gasteiger charge is -2.42. The first kappa shape index (κ1) is 61.4. The number of aliphatic hydroxyl groups is 4. The van der Waals surface area contributed by atoms with Crippen molar-refractivity contribution in [2.75, 3.05) is 41.1 Å². The molecule has 0 radical (unpaired) electrons. The molecule has 4 N–H and O–H groups in total. The van der Waals surface area contributed by atoms with E-state index in [9.17, 15) is 44.1 Å². The van der Waals surface area contributed by atoms with Crippen molar-refractivity contribution in [1.82, 2.24) is 4.90 Å².